The SMILES string of the molecule is Cc1nc2c(cnn2C(C)C)cc1C(=O)N(C)c1ccc2ccccc2c1. The summed E-state index contributed by atoms with van der Waals surface area (Å²) in [6, 6.07) is 16.3. The zero-order valence-corrected chi connectivity index (χ0v) is 16.0. The molecular weight excluding hydrogens is 336 g/mol. The lowest BCUT2D eigenvalue weighted by Crippen LogP contribution is -2.27. The fourth-order valence-electron chi connectivity index (χ4n) is 3.34. The highest BCUT2D eigenvalue weighted by atomic mass is 16.2. The molecule has 0 radical (unpaired) electrons. The molecule has 136 valence electrons. The average Bonchev–Trinajstić information content (AvgIpc) is 3.08. The lowest BCUT2D eigenvalue weighted by atomic mass is 10.1. The third-order valence-corrected chi connectivity index (χ3v) is 4.90. The Hall–Kier alpha value is -3.21. The van der Waals surface area contributed by atoms with Crippen molar-refractivity contribution in [2.24, 2.45) is 0 Å². The van der Waals surface area contributed by atoms with E-state index in [1.54, 1.807) is 18.1 Å². The molecule has 0 saturated heterocycles. The first kappa shape index (κ1) is 17.2. The predicted molar refractivity (Wildman–Crippen MR) is 109 cm³/mol. The van der Waals surface area contributed by atoms with Gasteiger partial charge in [-0.3, -0.25) is 4.79 Å². The van der Waals surface area contributed by atoms with E-state index in [1.165, 1.54) is 0 Å². The zero-order chi connectivity index (χ0) is 19.1. The zero-order valence-electron chi connectivity index (χ0n) is 16.0. The van der Waals surface area contributed by atoms with Gasteiger partial charge in [0.1, 0.15) is 0 Å². The van der Waals surface area contributed by atoms with Crippen molar-refractivity contribution in [3.63, 3.8) is 0 Å². The molecule has 0 spiro atoms. The van der Waals surface area contributed by atoms with Gasteiger partial charge in [-0.1, -0.05) is 30.3 Å². The maximum absolute atomic E-state index is 13.1. The van der Waals surface area contributed by atoms with E-state index in [0.717, 1.165) is 27.5 Å². The maximum atomic E-state index is 13.1. The van der Waals surface area contributed by atoms with Crippen LogP contribution in [0.2, 0.25) is 0 Å². The molecule has 27 heavy (non-hydrogen) atoms. The van der Waals surface area contributed by atoms with E-state index in [1.807, 2.05) is 48.0 Å². The Labute approximate surface area is 158 Å². The largest absolute Gasteiger partial charge is 0.311 e. The normalized spacial score (nSPS) is 11.4. The Balaban J connectivity index is 1.73. The van der Waals surface area contributed by atoms with Crippen molar-refractivity contribution in [3.05, 3.63) is 66.0 Å². The van der Waals surface area contributed by atoms with Gasteiger partial charge in [-0.25, -0.2) is 9.67 Å². The van der Waals surface area contributed by atoms with E-state index in [0.29, 0.717) is 11.3 Å². The highest BCUT2D eigenvalue weighted by Crippen LogP contribution is 2.25. The van der Waals surface area contributed by atoms with Crippen molar-refractivity contribution in [1.29, 1.82) is 0 Å². The molecule has 4 aromatic rings. The number of fused-ring (bicyclic) bond motifs is 2. The second kappa shape index (κ2) is 6.50. The predicted octanol–water partition coefficient (Wildman–Crippen LogP) is 4.75. The van der Waals surface area contributed by atoms with Gasteiger partial charge in [0.15, 0.2) is 5.65 Å². The van der Waals surface area contributed by atoms with Gasteiger partial charge in [-0.15, -0.1) is 0 Å². The summed E-state index contributed by atoms with van der Waals surface area (Å²) >= 11 is 0. The molecule has 2 aromatic carbocycles. The van der Waals surface area contributed by atoms with E-state index in [9.17, 15) is 4.79 Å². The van der Waals surface area contributed by atoms with Gasteiger partial charge in [-0.2, -0.15) is 5.10 Å². The van der Waals surface area contributed by atoms with Crippen molar-refractivity contribution in [3.8, 4) is 0 Å². The molecule has 1 amide bonds. The topological polar surface area (TPSA) is 51.0 Å². The monoisotopic (exact) mass is 358 g/mol. The Kier molecular flexibility index (Phi) is 4.15. The summed E-state index contributed by atoms with van der Waals surface area (Å²) in [6.07, 6.45) is 1.77. The van der Waals surface area contributed by atoms with E-state index >= 15 is 0 Å². The van der Waals surface area contributed by atoms with Gasteiger partial charge in [-0.05, 0) is 49.7 Å². The molecule has 0 N–H and O–H groups in total. The molecule has 0 fully saturated rings. The van der Waals surface area contributed by atoms with Crippen LogP contribution in [0.15, 0.2) is 54.7 Å². The van der Waals surface area contributed by atoms with Gasteiger partial charge in [0.2, 0.25) is 0 Å². The minimum Gasteiger partial charge on any atom is -0.311 e. The molecular formula is C22H22N4O. The molecule has 5 nitrogen and oxygen atoms in total. The second-order valence-corrected chi connectivity index (χ2v) is 7.11. The Morgan fingerprint density at radius 3 is 2.52 bits per heavy atom. The number of benzene rings is 2. The van der Waals surface area contributed by atoms with Crippen LogP contribution in [0.1, 0.15) is 35.9 Å². The Morgan fingerprint density at radius 2 is 1.78 bits per heavy atom. The minimum absolute atomic E-state index is 0.0746. The lowest BCUT2D eigenvalue weighted by Gasteiger charge is -2.19. The van der Waals surface area contributed by atoms with Crippen LogP contribution < -0.4 is 4.90 Å². The van der Waals surface area contributed by atoms with Crippen LogP contribution in [-0.4, -0.2) is 27.7 Å². The molecule has 2 aromatic heterocycles. The van der Waals surface area contributed by atoms with Crippen molar-refractivity contribution >= 4 is 33.4 Å². The molecule has 5 heteroatoms. The van der Waals surface area contributed by atoms with Gasteiger partial charge < -0.3 is 4.90 Å². The average molecular weight is 358 g/mol. The summed E-state index contributed by atoms with van der Waals surface area (Å²) in [5, 5.41) is 7.55. The van der Waals surface area contributed by atoms with Crippen LogP contribution >= 0.6 is 0 Å². The number of aryl methyl sites for hydroxylation is 1. The minimum atomic E-state index is -0.0746. The van der Waals surface area contributed by atoms with Gasteiger partial charge in [0.25, 0.3) is 5.91 Å². The number of nitrogens with zero attached hydrogens (tertiary/aromatic N) is 4. The quantitative estimate of drug-likeness (QED) is 0.531. The first-order valence-corrected chi connectivity index (χ1v) is 9.07. The van der Waals surface area contributed by atoms with Crippen LogP contribution in [-0.2, 0) is 0 Å². The van der Waals surface area contributed by atoms with E-state index < -0.39 is 0 Å². The summed E-state index contributed by atoms with van der Waals surface area (Å²) < 4.78 is 1.88. The smallest absolute Gasteiger partial charge is 0.259 e. The summed E-state index contributed by atoms with van der Waals surface area (Å²) in [6.45, 7) is 6.00. The number of rotatable bonds is 3. The third-order valence-electron chi connectivity index (χ3n) is 4.90. The number of aromatic nitrogens is 3. The van der Waals surface area contributed by atoms with E-state index in [-0.39, 0.29) is 11.9 Å². The molecule has 0 aliphatic carbocycles. The third kappa shape index (κ3) is 2.95. The standard InChI is InChI=1S/C22H22N4O/c1-14(2)26-21-18(13-23-26)12-20(15(3)24-21)22(27)25(4)19-10-9-16-7-5-6-8-17(16)11-19/h5-14H,1-4H3. The number of pyridine rings is 1. The van der Waals surface area contributed by atoms with Gasteiger partial charge >= 0.3 is 0 Å². The number of carbonyl (C=O) groups is 1. The molecule has 0 aliphatic rings. The van der Waals surface area contributed by atoms with Crippen molar-refractivity contribution in [2.45, 2.75) is 26.8 Å². The molecule has 0 unspecified atom stereocenters. The van der Waals surface area contributed by atoms with Crippen LogP contribution in [0.3, 0.4) is 0 Å². The maximum Gasteiger partial charge on any atom is 0.259 e. The lowest BCUT2D eigenvalue weighted by molar-refractivity contribution is 0.0992. The summed E-state index contributed by atoms with van der Waals surface area (Å²) in [7, 11) is 1.80. The number of amides is 1. The van der Waals surface area contributed by atoms with Crippen molar-refractivity contribution in [2.75, 3.05) is 11.9 Å². The number of anilines is 1. The van der Waals surface area contributed by atoms with Crippen molar-refractivity contribution in [1.82, 2.24) is 14.8 Å². The number of hydrogen-bond acceptors (Lipinski definition) is 3. The van der Waals surface area contributed by atoms with Crippen LogP contribution in [0.25, 0.3) is 21.8 Å². The molecule has 0 aliphatic heterocycles. The molecule has 4 rings (SSSR count). The summed E-state index contributed by atoms with van der Waals surface area (Å²) in [5.41, 5.74) is 2.98. The number of carbonyl (C=O) groups excluding carboxylic acids is 1. The van der Waals surface area contributed by atoms with Crippen LogP contribution in [0.5, 0.6) is 0 Å². The van der Waals surface area contributed by atoms with Crippen LogP contribution in [0, 0.1) is 6.92 Å². The summed E-state index contributed by atoms with van der Waals surface area (Å²) in [5.74, 6) is -0.0746. The van der Waals surface area contributed by atoms with Gasteiger partial charge in [0, 0.05) is 24.2 Å². The molecule has 0 atom stereocenters. The summed E-state index contributed by atoms with van der Waals surface area (Å²) in [4.78, 5) is 19.5. The van der Waals surface area contributed by atoms with Crippen LogP contribution in [0.4, 0.5) is 5.69 Å². The number of hydrogen-bond donors (Lipinski definition) is 0. The highest BCUT2D eigenvalue weighted by molar-refractivity contribution is 6.08. The Morgan fingerprint density at radius 1 is 1.04 bits per heavy atom. The fraction of sp³-hybridized carbons (Fsp3) is 0.227. The van der Waals surface area contributed by atoms with Gasteiger partial charge in [0.05, 0.1) is 17.5 Å². The fourth-order valence-corrected chi connectivity index (χ4v) is 3.34. The molecule has 0 bridgehead atoms. The first-order valence-electron chi connectivity index (χ1n) is 9.07. The van der Waals surface area contributed by atoms with E-state index in [4.69, 9.17) is 0 Å². The Bertz CT molecular complexity index is 1160. The second-order valence-electron chi connectivity index (χ2n) is 7.11. The van der Waals surface area contributed by atoms with Crippen molar-refractivity contribution < 1.29 is 4.79 Å². The van der Waals surface area contributed by atoms with E-state index in [2.05, 4.69) is 36.1 Å². The molecule has 2 heterocycles. The first-order chi connectivity index (χ1) is 13.0. The molecule has 0 saturated carbocycles. The highest BCUT2D eigenvalue weighted by Gasteiger charge is 2.19.